The maximum Gasteiger partial charge on any atom is 0.311 e. The molecule has 0 amide bonds. The van der Waals surface area contributed by atoms with Crippen LogP contribution in [0, 0.1) is 11.6 Å². The molecule has 1 atom stereocenters. The van der Waals surface area contributed by atoms with Gasteiger partial charge in [0.05, 0.1) is 11.6 Å². The first-order valence-electron chi connectivity index (χ1n) is 4.55. The van der Waals surface area contributed by atoms with Gasteiger partial charge in [-0.05, 0) is 18.1 Å². The van der Waals surface area contributed by atoms with Gasteiger partial charge in [-0.25, -0.2) is 8.78 Å². The highest BCUT2D eigenvalue weighted by molar-refractivity contribution is 5.80. The average Bonchev–Trinajstić information content (AvgIpc) is 2.16. The van der Waals surface area contributed by atoms with E-state index in [1.54, 1.807) is 0 Å². The smallest absolute Gasteiger partial charge is 0.311 e. The number of hydrogen-bond acceptors (Lipinski definition) is 2. The van der Waals surface area contributed by atoms with Crippen LogP contribution in [0.5, 0.6) is 0 Å². The van der Waals surface area contributed by atoms with Crippen molar-refractivity contribution in [2.45, 2.75) is 12.3 Å². The topological polar surface area (TPSA) is 49.3 Å². The van der Waals surface area contributed by atoms with E-state index in [1.165, 1.54) is 0 Å². The van der Waals surface area contributed by atoms with Crippen molar-refractivity contribution in [1.82, 2.24) is 0 Å². The molecule has 0 fully saturated rings. The van der Waals surface area contributed by atoms with Gasteiger partial charge >= 0.3 is 5.97 Å². The van der Waals surface area contributed by atoms with Gasteiger partial charge in [0.25, 0.3) is 0 Å². The Morgan fingerprint density at radius 2 is 2.20 bits per heavy atom. The Bertz CT molecular complexity index is 420. The molecule has 0 saturated heterocycles. The van der Waals surface area contributed by atoms with Crippen LogP contribution in [0.1, 0.15) is 17.9 Å². The Morgan fingerprint density at radius 1 is 1.47 bits per heavy atom. The van der Waals surface area contributed by atoms with Crippen LogP contribution < -0.4 is 5.32 Å². The number of nitrogens with one attached hydrogen (secondary N) is 1. The quantitative estimate of drug-likeness (QED) is 0.749. The summed E-state index contributed by atoms with van der Waals surface area (Å²) in [4.78, 5) is 10.9. The zero-order valence-corrected chi connectivity index (χ0v) is 7.76. The third-order valence-corrected chi connectivity index (χ3v) is 2.49. The molecule has 3 nitrogen and oxygen atoms in total. The summed E-state index contributed by atoms with van der Waals surface area (Å²) in [6.45, 7) is 0.381. The molecule has 1 heterocycles. The molecule has 2 N–H and O–H groups in total. The molecule has 1 aliphatic rings. The van der Waals surface area contributed by atoms with E-state index in [2.05, 4.69) is 5.32 Å². The van der Waals surface area contributed by atoms with Crippen LogP contribution in [0.3, 0.4) is 0 Å². The van der Waals surface area contributed by atoms with Crippen molar-refractivity contribution in [3.05, 3.63) is 29.3 Å². The number of halogens is 2. The summed E-state index contributed by atoms with van der Waals surface area (Å²) in [6.07, 6.45) is 0.339. The van der Waals surface area contributed by atoms with E-state index >= 15 is 0 Å². The molecular weight excluding hydrogens is 204 g/mol. The van der Waals surface area contributed by atoms with E-state index in [1.807, 2.05) is 0 Å². The zero-order chi connectivity index (χ0) is 11.0. The van der Waals surface area contributed by atoms with Crippen molar-refractivity contribution in [3.63, 3.8) is 0 Å². The monoisotopic (exact) mass is 213 g/mol. The van der Waals surface area contributed by atoms with E-state index in [0.29, 0.717) is 13.0 Å². The lowest BCUT2D eigenvalue weighted by Gasteiger charge is -2.24. The molecule has 0 radical (unpaired) electrons. The molecule has 15 heavy (non-hydrogen) atoms. The van der Waals surface area contributed by atoms with E-state index in [4.69, 9.17) is 5.11 Å². The van der Waals surface area contributed by atoms with E-state index in [-0.39, 0.29) is 11.3 Å². The lowest BCUT2D eigenvalue weighted by atomic mass is 9.91. The first-order valence-corrected chi connectivity index (χ1v) is 4.55. The number of hydrogen-bond donors (Lipinski definition) is 2. The van der Waals surface area contributed by atoms with Crippen LogP contribution in [0.2, 0.25) is 0 Å². The molecular formula is C10H9F2NO2. The fraction of sp³-hybridized carbons (Fsp3) is 0.300. The largest absolute Gasteiger partial charge is 0.481 e. The normalized spacial score (nSPS) is 19.2. The maximum absolute atomic E-state index is 13.3. The van der Waals surface area contributed by atoms with E-state index < -0.39 is 23.5 Å². The molecule has 0 bridgehead atoms. The first kappa shape index (κ1) is 9.89. The second-order valence-electron chi connectivity index (χ2n) is 3.46. The first-order chi connectivity index (χ1) is 7.09. The third-order valence-electron chi connectivity index (χ3n) is 2.49. The van der Waals surface area contributed by atoms with Gasteiger partial charge in [0, 0.05) is 12.6 Å². The number of carboxylic acids is 1. The lowest BCUT2D eigenvalue weighted by molar-refractivity contribution is -0.138. The molecule has 0 saturated carbocycles. The van der Waals surface area contributed by atoms with Crippen molar-refractivity contribution in [1.29, 1.82) is 0 Å². The van der Waals surface area contributed by atoms with Crippen molar-refractivity contribution < 1.29 is 18.7 Å². The summed E-state index contributed by atoms with van der Waals surface area (Å²) in [5, 5.41) is 11.6. The fourth-order valence-electron chi connectivity index (χ4n) is 1.81. The minimum absolute atomic E-state index is 0.107. The van der Waals surface area contributed by atoms with Crippen molar-refractivity contribution >= 4 is 11.7 Å². The Kier molecular flexibility index (Phi) is 2.30. The maximum atomic E-state index is 13.3. The molecule has 0 aliphatic carbocycles. The highest BCUT2D eigenvalue weighted by Crippen LogP contribution is 2.34. The third kappa shape index (κ3) is 1.65. The summed E-state index contributed by atoms with van der Waals surface area (Å²) in [5.74, 6) is -3.37. The number of carbonyl (C=O) groups is 1. The number of aliphatic carboxylic acids is 1. The number of benzene rings is 1. The molecule has 0 spiro atoms. The molecule has 1 aromatic carbocycles. The van der Waals surface area contributed by atoms with Crippen molar-refractivity contribution in [2.75, 3.05) is 11.9 Å². The second kappa shape index (κ2) is 3.49. The second-order valence-corrected chi connectivity index (χ2v) is 3.46. The summed E-state index contributed by atoms with van der Waals surface area (Å²) in [6, 6.07) is 1.82. The van der Waals surface area contributed by atoms with Crippen LogP contribution in [0.25, 0.3) is 0 Å². The van der Waals surface area contributed by atoms with Crippen LogP contribution in [-0.2, 0) is 4.79 Å². The van der Waals surface area contributed by atoms with E-state index in [0.717, 1.165) is 12.1 Å². The minimum Gasteiger partial charge on any atom is -0.481 e. The fourth-order valence-corrected chi connectivity index (χ4v) is 1.81. The van der Waals surface area contributed by atoms with Gasteiger partial charge in [-0.15, -0.1) is 0 Å². The molecule has 80 valence electrons. The molecule has 0 aromatic heterocycles. The van der Waals surface area contributed by atoms with Gasteiger partial charge in [-0.3, -0.25) is 4.79 Å². The van der Waals surface area contributed by atoms with Gasteiger partial charge in [-0.1, -0.05) is 0 Å². The number of anilines is 1. The minimum atomic E-state index is -1.05. The van der Waals surface area contributed by atoms with Gasteiger partial charge < -0.3 is 10.4 Å². The summed E-state index contributed by atoms with van der Waals surface area (Å²) >= 11 is 0. The molecule has 1 unspecified atom stereocenters. The molecule has 5 heteroatoms. The number of fused-ring (bicyclic) bond motifs is 1. The van der Waals surface area contributed by atoms with Crippen LogP contribution >= 0.6 is 0 Å². The Hall–Kier alpha value is -1.65. The van der Waals surface area contributed by atoms with Gasteiger partial charge in [0.1, 0.15) is 11.6 Å². The Morgan fingerprint density at radius 3 is 2.87 bits per heavy atom. The zero-order valence-electron chi connectivity index (χ0n) is 7.76. The number of carboxylic acid groups (broad SMARTS) is 1. The van der Waals surface area contributed by atoms with Crippen LogP contribution in [0.4, 0.5) is 14.5 Å². The van der Waals surface area contributed by atoms with Crippen LogP contribution in [-0.4, -0.2) is 17.6 Å². The predicted octanol–water partition coefficient (Wildman–Crippen LogP) is 1.95. The van der Waals surface area contributed by atoms with Gasteiger partial charge in [-0.2, -0.15) is 0 Å². The molecule has 2 rings (SSSR count). The number of rotatable bonds is 1. The molecule has 1 aromatic rings. The SMILES string of the molecule is O=C(O)C1CCNc2c(F)cc(F)cc21. The highest BCUT2D eigenvalue weighted by Gasteiger charge is 2.28. The Balaban J connectivity index is 2.55. The lowest BCUT2D eigenvalue weighted by Crippen LogP contribution is -2.23. The van der Waals surface area contributed by atoms with E-state index in [9.17, 15) is 13.6 Å². The summed E-state index contributed by atoms with van der Waals surface area (Å²) < 4.78 is 26.2. The van der Waals surface area contributed by atoms with Crippen molar-refractivity contribution in [3.8, 4) is 0 Å². The molecule has 1 aliphatic heterocycles. The summed E-state index contributed by atoms with van der Waals surface area (Å²) in [5.41, 5.74) is 0.293. The average molecular weight is 213 g/mol. The predicted molar refractivity (Wildman–Crippen MR) is 49.8 cm³/mol. The van der Waals surface area contributed by atoms with Gasteiger partial charge in [0.2, 0.25) is 0 Å². The Labute approximate surface area is 84.7 Å². The van der Waals surface area contributed by atoms with Crippen LogP contribution in [0.15, 0.2) is 12.1 Å². The van der Waals surface area contributed by atoms with Crippen molar-refractivity contribution in [2.24, 2.45) is 0 Å². The van der Waals surface area contributed by atoms with Gasteiger partial charge in [0.15, 0.2) is 0 Å². The highest BCUT2D eigenvalue weighted by atomic mass is 19.1. The summed E-state index contributed by atoms with van der Waals surface area (Å²) in [7, 11) is 0. The standard InChI is InChI=1S/C10H9F2NO2/c11-5-3-7-6(10(14)15)1-2-13-9(7)8(12)4-5/h3-4,6,13H,1-2H2,(H,14,15).